The van der Waals surface area contributed by atoms with E-state index in [1.54, 1.807) is 12.1 Å². The maximum absolute atomic E-state index is 8.84. The molecule has 0 aliphatic rings. The van der Waals surface area contributed by atoms with Crippen molar-refractivity contribution in [1.29, 1.82) is 0 Å². The highest BCUT2D eigenvalue weighted by molar-refractivity contribution is 5.31. The van der Waals surface area contributed by atoms with Crippen molar-refractivity contribution in [2.45, 2.75) is 19.8 Å². The summed E-state index contributed by atoms with van der Waals surface area (Å²) in [6, 6.07) is 5.21. The van der Waals surface area contributed by atoms with Gasteiger partial charge in [0.1, 0.15) is 0 Å². The largest absolute Gasteiger partial charge is 0.364 e. The van der Waals surface area contributed by atoms with Gasteiger partial charge < -0.3 is 15.9 Å². The van der Waals surface area contributed by atoms with Crippen LogP contribution in [0.3, 0.4) is 0 Å². The van der Waals surface area contributed by atoms with Gasteiger partial charge in [-0.25, -0.2) is 0 Å². The van der Waals surface area contributed by atoms with Crippen LogP contribution in [0.2, 0.25) is 0 Å². The molecule has 0 bridgehead atoms. The molecule has 0 saturated heterocycles. The van der Waals surface area contributed by atoms with Crippen LogP contribution in [0.5, 0.6) is 0 Å². The summed E-state index contributed by atoms with van der Waals surface area (Å²) < 4.78 is 0. The fourth-order valence-corrected chi connectivity index (χ4v) is 1.11. The lowest BCUT2D eigenvalue weighted by atomic mass is 10.1. The van der Waals surface area contributed by atoms with Crippen molar-refractivity contribution >= 4 is 0 Å². The number of rotatable bonds is 2. The fourth-order valence-electron chi connectivity index (χ4n) is 1.11. The lowest BCUT2D eigenvalue weighted by Gasteiger charge is -2.07. The van der Waals surface area contributed by atoms with E-state index >= 15 is 0 Å². The number of aryl methyl sites for hydroxylation is 1. The summed E-state index contributed by atoms with van der Waals surface area (Å²) in [7, 11) is 0. The zero-order chi connectivity index (χ0) is 9.14. The fraction of sp³-hybridized carbons (Fsp3) is 0.333. The number of nitrogens with two attached hydrogens (primary N) is 1. The van der Waals surface area contributed by atoms with E-state index in [-0.39, 0.29) is 0 Å². The SMILES string of the molecule is Cc1cc(C(O)O)ccc1CN. The van der Waals surface area contributed by atoms with Gasteiger partial charge in [0, 0.05) is 12.1 Å². The van der Waals surface area contributed by atoms with Gasteiger partial charge in [0.15, 0.2) is 6.29 Å². The van der Waals surface area contributed by atoms with Crippen molar-refractivity contribution in [3.63, 3.8) is 0 Å². The Morgan fingerprint density at radius 3 is 2.50 bits per heavy atom. The molecule has 0 aliphatic heterocycles. The van der Waals surface area contributed by atoms with Crippen LogP contribution in [0.4, 0.5) is 0 Å². The first-order valence-corrected chi connectivity index (χ1v) is 3.80. The van der Waals surface area contributed by atoms with Crippen molar-refractivity contribution < 1.29 is 10.2 Å². The lowest BCUT2D eigenvalue weighted by molar-refractivity contribution is -0.0425. The van der Waals surface area contributed by atoms with Crippen LogP contribution in [0, 0.1) is 6.92 Å². The molecule has 0 aromatic heterocycles. The predicted octanol–water partition coefficient (Wildman–Crippen LogP) is 0.437. The summed E-state index contributed by atoms with van der Waals surface area (Å²) in [4.78, 5) is 0. The second-order valence-corrected chi connectivity index (χ2v) is 2.76. The van der Waals surface area contributed by atoms with E-state index in [0.717, 1.165) is 11.1 Å². The van der Waals surface area contributed by atoms with Gasteiger partial charge in [0.05, 0.1) is 0 Å². The molecule has 0 unspecified atom stereocenters. The van der Waals surface area contributed by atoms with Crippen LogP contribution in [0.15, 0.2) is 18.2 Å². The lowest BCUT2D eigenvalue weighted by Crippen LogP contribution is -2.01. The Morgan fingerprint density at radius 2 is 2.08 bits per heavy atom. The summed E-state index contributed by atoms with van der Waals surface area (Å²) in [6.45, 7) is 2.38. The van der Waals surface area contributed by atoms with Gasteiger partial charge in [0.2, 0.25) is 0 Å². The monoisotopic (exact) mass is 167 g/mol. The van der Waals surface area contributed by atoms with E-state index in [0.29, 0.717) is 12.1 Å². The van der Waals surface area contributed by atoms with E-state index in [1.165, 1.54) is 0 Å². The second kappa shape index (κ2) is 3.67. The summed E-state index contributed by atoms with van der Waals surface area (Å²) in [5, 5.41) is 17.7. The van der Waals surface area contributed by atoms with Crippen molar-refractivity contribution in [3.8, 4) is 0 Å². The minimum absolute atomic E-state index is 0.480. The average molecular weight is 167 g/mol. The van der Waals surface area contributed by atoms with Crippen molar-refractivity contribution in [1.82, 2.24) is 0 Å². The van der Waals surface area contributed by atoms with E-state index in [4.69, 9.17) is 15.9 Å². The maximum atomic E-state index is 8.84. The van der Waals surface area contributed by atoms with Crippen LogP contribution >= 0.6 is 0 Å². The number of hydrogen-bond acceptors (Lipinski definition) is 3. The molecule has 0 fully saturated rings. The molecule has 0 radical (unpaired) electrons. The van der Waals surface area contributed by atoms with Gasteiger partial charge >= 0.3 is 0 Å². The van der Waals surface area contributed by atoms with Gasteiger partial charge in [-0.3, -0.25) is 0 Å². The van der Waals surface area contributed by atoms with Gasteiger partial charge in [-0.1, -0.05) is 18.2 Å². The number of hydrogen-bond donors (Lipinski definition) is 3. The molecule has 0 spiro atoms. The summed E-state index contributed by atoms with van der Waals surface area (Å²) in [5.74, 6) is 0. The zero-order valence-electron chi connectivity index (χ0n) is 6.99. The Balaban J connectivity index is 3.02. The second-order valence-electron chi connectivity index (χ2n) is 2.76. The first kappa shape index (κ1) is 9.19. The standard InChI is InChI=1S/C9H13NO2/c1-6-4-7(9(11)12)2-3-8(6)5-10/h2-4,9,11-12H,5,10H2,1H3. The highest BCUT2D eigenvalue weighted by Gasteiger charge is 2.03. The molecule has 0 heterocycles. The third-order valence-electron chi connectivity index (χ3n) is 1.88. The molecular weight excluding hydrogens is 154 g/mol. The van der Waals surface area contributed by atoms with Crippen LogP contribution in [-0.2, 0) is 6.54 Å². The van der Waals surface area contributed by atoms with Crippen LogP contribution < -0.4 is 5.73 Å². The van der Waals surface area contributed by atoms with Gasteiger partial charge in [-0.2, -0.15) is 0 Å². The number of benzene rings is 1. The van der Waals surface area contributed by atoms with Crippen LogP contribution in [0.1, 0.15) is 23.0 Å². The molecule has 0 amide bonds. The van der Waals surface area contributed by atoms with Crippen molar-refractivity contribution in [2.24, 2.45) is 5.73 Å². The van der Waals surface area contributed by atoms with E-state index < -0.39 is 6.29 Å². The molecule has 4 N–H and O–H groups in total. The summed E-state index contributed by atoms with van der Waals surface area (Å²) in [6.07, 6.45) is -1.39. The third-order valence-corrected chi connectivity index (χ3v) is 1.88. The molecule has 1 aromatic carbocycles. The molecule has 12 heavy (non-hydrogen) atoms. The molecule has 0 saturated carbocycles. The smallest absolute Gasteiger partial charge is 0.178 e. The van der Waals surface area contributed by atoms with Crippen LogP contribution in [0.25, 0.3) is 0 Å². The Kier molecular flexibility index (Phi) is 2.81. The zero-order valence-corrected chi connectivity index (χ0v) is 6.99. The maximum Gasteiger partial charge on any atom is 0.178 e. The minimum atomic E-state index is -1.39. The van der Waals surface area contributed by atoms with Gasteiger partial charge in [0.25, 0.3) is 0 Å². The molecule has 3 heteroatoms. The first-order valence-electron chi connectivity index (χ1n) is 3.80. The Hall–Kier alpha value is -0.900. The van der Waals surface area contributed by atoms with Gasteiger partial charge in [-0.05, 0) is 18.1 Å². The van der Waals surface area contributed by atoms with E-state index in [1.807, 2.05) is 13.0 Å². The molecule has 1 aromatic rings. The highest BCUT2D eigenvalue weighted by atomic mass is 16.5. The molecule has 66 valence electrons. The molecule has 0 aliphatic carbocycles. The molecule has 1 rings (SSSR count). The van der Waals surface area contributed by atoms with Crippen molar-refractivity contribution in [3.05, 3.63) is 34.9 Å². The summed E-state index contributed by atoms with van der Waals surface area (Å²) >= 11 is 0. The Morgan fingerprint density at radius 1 is 1.42 bits per heavy atom. The summed E-state index contributed by atoms with van der Waals surface area (Å²) in [5.41, 5.74) is 7.97. The normalized spacial score (nSPS) is 10.8. The molecular formula is C9H13NO2. The number of aliphatic hydroxyl groups is 2. The predicted molar refractivity (Wildman–Crippen MR) is 46.2 cm³/mol. The minimum Gasteiger partial charge on any atom is -0.364 e. The molecule has 0 atom stereocenters. The number of aliphatic hydroxyl groups excluding tert-OH is 1. The topological polar surface area (TPSA) is 66.5 Å². The van der Waals surface area contributed by atoms with E-state index in [9.17, 15) is 0 Å². The Labute approximate surface area is 71.5 Å². The first-order chi connectivity index (χ1) is 5.65. The molecule has 3 nitrogen and oxygen atoms in total. The van der Waals surface area contributed by atoms with Crippen molar-refractivity contribution in [2.75, 3.05) is 0 Å². The third kappa shape index (κ3) is 1.82. The van der Waals surface area contributed by atoms with Crippen LogP contribution in [-0.4, -0.2) is 10.2 Å². The average Bonchev–Trinajstić information content (AvgIpc) is 2.04. The van der Waals surface area contributed by atoms with E-state index in [2.05, 4.69) is 0 Å². The quantitative estimate of drug-likeness (QED) is 0.560. The van der Waals surface area contributed by atoms with Gasteiger partial charge in [-0.15, -0.1) is 0 Å². The Bertz CT molecular complexity index is 271. The highest BCUT2D eigenvalue weighted by Crippen LogP contribution is 2.14.